The molecule has 2 aliphatic rings. The molecule has 2 fully saturated rings. The van der Waals surface area contributed by atoms with Crippen molar-refractivity contribution in [2.75, 3.05) is 20.1 Å². The molecule has 10 heavy (non-hydrogen) atoms. The van der Waals surface area contributed by atoms with Gasteiger partial charge in [-0.3, -0.25) is 0 Å². The van der Waals surface area contributed by atoms with Gasteiger partial charge in [-0.25, -0.2) is 0 Å². The number of likely N-dealkylation sites (tertiary alicyclic amines) is 1. The first-order chi connectivity index (χ1) is 4.88. The van der Waals surface area contributed by atoms with Gasteiger partial charge in [0.15, 0.2) is 0 Å². The van der Waals surface area contributed by atoms with E-state index >= 15 is 0 Å². The Hall–Kier alpha value is -0.0800. The van der Waals surface area contributed by atoms with Crippen LogP contribution in [-0.2, 0) is 0 Å². The molecule has 0 aromatic carbocycles. The summed E-state index contributed by atoms with van der Waals surface area (Å²) in [6.45, 7) is 2.54. The number of nitrogens with one attached hydrogen (secondary N) is 1. The molecule has 2 saturated heterocycles. The van der Waals surface area contributed by atoms with Crippen LogP contribution in [0.4, 0.5) is 0 Å². The standard InChI is InChI=1S/C8H16N2/c1-10-6-2-3-7-8(10)4-5-9-7/h7-9H,2-6H2,1H3/t7-,8+/m0/s1. The van der Waals surface area contributed by atoms with E-state index in [1.165, 1.54) is 32.4 Å². The van der Waals surface area contributed by atoms with Gasteiger partial charge in [-0.1, -0.05) is 0 Å². The Morgan fingerprint density at radius 1 is 1.40 bits per heavy atom. The lowest BCUT2D eigenvalue weighted by atomic mass is 9.98. The van der Waals surface area contributed by atoms with E-state index in [4.69, 9.17) is 0 Å². The topological polar surface area (TPSA) is 15.3 Å². The van der Waals surface area contributed by atoms with Gasteiger partial charge in [0, 0.05) is 12.1 Å². The summed E-state index contributed by atoms with van der Waals surface area (Å²) < 4.78 is 0. The Labute approximate surface area is 62.6 Å². The lowest BCUT2D eigenvalue weighted by Gasteiger charge is -2.34. The summed E-state index contributed by atoms with van der Waals surface area (Å²) >= 11 is 0. The van der Waals surface area contributed by atoms with Crippen molar-refractivity contribution in [2.24, 2.45) is 0 Å². The van der Waals surface area contributed by atoms with Gasteiger partial charge < -0.3 is 10.2 Å². The van der Waals surface area contributed by atoms with E-state index in [-0.39, 0.29) is 0 Å². The summed E-state index contributed by atoms with van der Waals surface area (Å²) in [5, 5.41) is 3.55. The molecule has 2 heterocycles. The summed E-state index contributed by atoms with van der Waals surface area (Å²) in [4.78, 5) is 2.51. The van der Waals surface area contributed by atoms with Crippen LogP contribution in [0.25, 0.3) is 0 Å². The first-order valence-electron chi connectivity index (χ1n) is 4.31. The van der Waals surface area contributed by atoms with Crippen LogP contribution >= 0.6 is 0 Å². The number of piperidine rings is 1. The summed E-state index contributed by atoms with van der Waals surface area (Å²) in [6.07, 6.45) is 4.14. The minimum atomic E-state index is 0.818. The van der Waals surface area contributed by atoms with Crippen LogP contribution in [0, 0.1) is 0 Å². The summed E-state index contributed by atoms with van der Waals surface area (Å²) in [5.41, 5.74) is 0. The van der Waals surface area contributed by atoms with Crippen molar-refractivity contribution in [3.63, 3.8) is 0 Å². The van der Waals surface area contributed by atoms with Crippen LogP contribution in [0.15, 0.2) is 0 Å². The van der Waals surface area contributed by atoms with Crippen LogP contribution in [0.1, 0.15) is 19.3 Å². The van der Waals surface area contributed by atoms with Crippen molar-refractivity contribution in [3.05, 3.63) is 0 Å². The van der Waals surface area contributed by atoms with E-state index in [1.807, 2.05) is 0 Å². The molecule has 58 valence electrons. The van der Waals surface area contributed by atoms with Crippen LogP contribution in [-0.4, -0.2) is 37.1 Å². The highest BCUT2D eigenvalue weighted by Crippen LogP contribution is 2.22. The SMILES string of the molecule is CN1CCC[C@@H]2NCC[C@H]21. The van der Waals surface area contributed by atoms with Gasteiger partial charge in [0.1, 0.15) is 0 Å². The van der Waals surface area contributed by atoms with Gasteiger partial charge in [-0.05, 0) is 39.4 Å². The molecule has 1 N–H and O–H groups in total. The van der Waals surface area contributed by atoms with Gasteiger partial charge in [-0.2, -0.15) is 0 Å². The largest absolute Gasteiger partial charge is 0.312 e. The van der Waals surface area contributed by atoms with Crippen molar-refractivity contribution in [1.82, 2.24) is 10.2 Å². The van der Waals surface area contributed by atoms with Crippen LogP contribution in [0.3, 0.4) is 0 Å². The molecule has 0 spiro atoms. The van der Waals surface area contributed by atoms with Gasteiger partial charge >= 0.3 is 0 Å². The van der Waals surface area contributed by atoms with Gasteiger partial charge in [0.2, 0.25) is 0 Å². The monoisotopic (exact) mass is 140 g/mol. The van der Waals surface area contributed by atoms with E-state index in [9.17, 15) is 0 Å². The lowest BCUT2D eigenvalue weighted by Crippen LogP contribution is -2.46. The van der Waals surface area contributed by atoms with Crippen LogP contribution < -0.4 is 5.32 Å². The fourth-order valence-corrected chi connectivity index (χ4v) is 2.30. The maximum Gasteiger partial charge on any atom is 0.0258 e. The van der Waals surface area contributed by atoms with Crippen LogP contribution in [0.2, 0.25) is 0 Å². The van der Waals surface area contributed by atoms with Gasteiger partial charge in [0.05, 0.1) is 0 Å². The molecule has 0 radical (unpaired) electrons. The molecular weight excluding hydrogens is 124 g/mol. The first kappa shape index (κ1) is 6.62. The maximum absolute atomic E-state index is 3.55. The number of hydrogen-bond acceptors (Lipinski definition) is 2. The Kier molecular flexibility index (Phi) is 1.66. The number of fused-ring (bicyclic) bond motifs is 1. The molecule has 0 aromatic heterocycles. The molecular formula is C8H16N2. The van der Waals surface area contributed by atoms with Crippen molar-refractivity contribution in [1.29, 1.82) is 0 Å². The predicted molar refractivity (Wildman–Crippen MR) is 42.1 cm³/mol. The third kappa shape index (κ3) is 0.956. The highest BCUT2D eigenvalue weighted by molar-refractivity contribution is 4.92. The Bertz CT molecular complexity index is 124. The number of nitrogens with zero attached hydrogens (tertiary/aromatic N) is 1. The zero-order valence-electron chi connectivity index (χ0n) is 6.64. The average molecular weight is 140 g/mol. The summed E-state index contributed by atoms with van der Waals surface area (Å²) in [6, 6.07) is 1.67. The first-order valence-corrected chi connectivity index (χ1v) is 4.31. The normalized spacial score (nSPS) is 41.7. The average Bonchev–Trinajstić information content (AvgIpc) is 2.36. The molecule has 0 unspecified atom stereocenters. The molecule has 0 aliphatic carbocycles. The Morgan fingerprint density at radius 2 is 2.30 bits per heavy atom. The number of rotatable bonds is 0. The minimum absolute atomic E-state index is 0.818. The third-order valence-electron chi connectivity index (χ3n) is 2.90. The van der Waals surface area contributed by atoms with E-state index in [0.717, 1.165) is 12.1 Å². The second kappa shape index (κ2) is 2.51. The Morgan fingerprint density at radius 3 is 3.10 bits per heavy atom. The summed E-state index contributed by atoms with van der Waals surface area (Å²) in [5.74, 6) is 0. The molecule has 2 nitrogen and oxygen atoms in total. The van der Waals surface area contributed by atoms with E-state index in [1.54, 1.807) is 0 Å². The van der Waals surface area contributed by atoms with Crippen molar-refractivity contribution >= 4 is 0 Å². The van der Waals surface area contributed by atoms with E-state index in [2.05, 4.69) is 17.3 Å². The van der Waals surface area contributed by atoms with E-state index < -0.39 is 0 Å². The van der Waals surface area contributed by atoms with Crippen molar-refractivity contribution in [2.45, 2.75) is 31.3 Å². The number of hydrogen-bond donors (Lipinski definition) is 1. The van der Waals surface area contributed by atoms with Gasteiger partial charge in [0.25, 0.3) is 0 Å². The van der Waals surface area contributed by atoms with Crippen molar-refractivity contribution < 1.29 is 0 Å². The zero-order valence-corrected chi connectivity index (χ0v) is 6.64. The quantitative estimate of drug-likeness (QED) is 0.525. The number of likely N-dealkylation sites (N-methyl/N-ethyl adjacent to an activating group) is 1. The van der Waals surface area contributed by atoms with Crippen LogP contribution in [0.5, 0.6) is 0 Å². The fraction of sp³-hybridized carbons (Fsp3) is 1.00. The van der Waals surface area contributed by atoms with Gasteiger partial charge in [-0.15, -0.1) is 0 Å². The zero-order chi connectivity index (χ0) is 6.97. The summed E-state index contributed by atoms with van der Waals surface area (Å²) in [7, 11) is 2.25. The molecule has 0 bridgehead atoms. The highest BCUT2D eigenvalue weighted by atomic mass is 15.2. The maximum atomic E-state index is 3.55. The molecule has 0 aromatic rings. The smallest absolute Gasteiger partial charge is 0.0258 e. The highest BCUT2D eigenvalue weighted by Gasteiger charge is 2.32. The molecule has 2 atom stereocenters. The Balaban J connectivity index is 2.03. The third-order valence-corrected chi connectivity index (χ3v) is 2.90. The second-order valence-electron chi connectivity index (χ2n) is 3.54. The molecule has 0 amide bonds. The molecule has 2 rings (SSSR count). The molecule has 2 aliphatic heterocycles. The van der Waals surface area contributed by atoms with Crippen molar-refractivity contribution in [3.8, 4) is 0 Å². The second-order valence-corrected chi connectivity index (χ2v) is 3.54. The lowest BCUT2D eigenvalue weighted by molar-refractivity contribution is 0.173. The molecule has 2 heteroatoms. The predicted octanol–water partition coefficient (Wildman–Crippen LogP) is 0.442. The minimum Gasteiger partial charge on any atom is -0.312 e. The van der Waals surface area contributed by atoms with E-state index in [0.29, 0.717) is 0 Å². The fourth-order valence-electron chi connectivity index (χ4n) is 2.30. The molecule has 0 saturated carbocycles.